The second kappa shape index (κ2) is 9.06. The zero-order chi connectivity index (χ0) is 20.0. The number of ether oxygens (including phenoxy) is 1. The van der Waals surface area contributed by atoms with E-state index in [1.807, 2.05) is 0 Å². The van der Waals surface area contributed by atoms with Gasteiger partial charge < -0.3 is 20.3 Å². The summed E-state index contributed by atoms with van der Waals surface area (Å²) in [4.78, 5) is 12.2. The van der Waals surface area contributed by atoms with E-state index < -0.39 is 5.60 Å². The largest absolute Gasteiger partial charge is 0.508 e. The number of phenols is 1. The maximum atomic E-state index is 13.1. The van der Waals surface area contributed by atoms with Gasteiger partial charge in [-0.05, 0) is 74.4 Å². The van der Waals surface area contributed by atoms with Gasteiger partial charge >= 0.3 is 0 Å². The maximum Gasteiger partial charge on any atom is 0.251 e. The Morgan fingerprint density at radius 3 is 2.57 bits per heavy atom. The van der Waals surface area contributed by atoms with Gasteiger partial charge in [0.15, 0.2) is 0 Å². The molecule has 0 heterocycles. The first-order chi connectivity index (χ1) is 13.4. The van der Waals surface area contributed by atoms with Gasteiger partial charge in [0.05, 0.1) is 12.2 Å². The van der Waals surface area contributed by atoms with Crippen LogP contribution in [0.4, 0.5) is 4.39 Å². The number of rotatable bonds is 7. The fourth-order valence-electron chi connectivity index (χ4n) is 3.54. The summed E-state index contributed by atoms with van der Waals surface area (Å²) in [6.07, 6.45) is 3.81. The molecule has 6 heteroatoms. The highest BCUT2D eigenvalue weighted by atomic mass is 19.1. The predicted octanol–water partition coefficient (Wildman–Crippen LogP) is 3.65. The molecule has 5 nitrogen and oxygen atoms in total. The van der Waals surface area contributed by atoms with E-state index in [1.165, 1.54) is 24.3 Å². The van der Waals surface area contributed by atoms with E-state index >= 15 is 0 Å². The number of aliphatic hydroxyl groups is 1. The highest BCUT2D eigenvalue weighted by molar-refractivity contribution is 5.94. The molecule has 150 valence electrons. The van der Waals surface area contributed by atoms with Gasteiger partial charge in [0.25, 0.3) is 5.91 Å². The number of carbonyl (C=O) groups excluding carboxylic acids is 1. The maximum absolute atomic E-state index is 13.1. The van der Waals surface area contributed by atoms with Gasteiger partial charge in [-0.3, -0.25) is 4.79 Å². The van der Waals surface area contributed by atoms with Crippen LogP contribution in [0.3, 0.4) is 0 Å². The fourth-order valence-corrected chi connectivity index (χ4v) is 3.54. The number of benzene rings is 2. The number of phenolic OH excluding ortho intramolecular Hbond substituents is 1. The van der Waals surface area contributed by atoms with Crippen molar-refractivity contribution in [2.24, 2.45) is 5.92 Å². The molecule has 0 aliphatic heterocycles. The van der Waals surface area contributed by atoms with E-state index in [-0.39, 0.29) is 24.0 Å². The molecule has 3 N–H and O–H groups in total. The Balaban J connectivity index is 1.38. The minimum Gasteiger partial charge on any atom is -0.508 e. The Labute approximate surface area is 164 Å². The second-order valence-corrected chi connectivity index (χ2v) is 7.49. The van der Waals surface area contributed by atoms with Gasteiger partial charge in [-0.15, -0.1) is 0 Å². The summed E-state index contributed by atoms with van der Waals surface area (Å²) in [6.45, 7) is 0.726. The lowest BCUT2D eigenvalue weighted by Crippen LogP contribution is -2.45. The Bertz CT molecular complexity index is 785. The lowest BCUT2D eigenvalue weighted by Gasteiger charge is -2.36. The molecule has 2 aromatic rings. The summed E-state index contributed by atoms with van der Waals surface area (Å²) in [7, 11) is 0. The third-order valence-corrected chi connectivity index (χ3v) is 5.33. The van der Waals surface area contributed by atoms with Crippen LogP contribution in [0, 0.1) is 11.7 Å². The average Bonchev–Trinajstić information content (AvgIpc) is 2.69. The molecule has 0 radical (unpaired) electrons. The molecule has 3 rings (SSSR count). The van der Waals surface area contributed by atoms with Crippen LogP contribution in [0.15, 0.2) is 48.5 Å². The second-order valence-electron chi connectivity index (χ2n) is 7.49. The smallest absolute Gasteiger partial charge is 0.251 e. The molecule has 2 aromatic carbocycles. The molecule has 1 saturated carbocycles. The van der Waals surface area contributed by atoms with Crippen molar-refractivity contribution >= 4 is 5.91 Å². The quantitative estimate of drug-likeness (QED) is 0.678. The van der Waals surface area contributed by atoms with Crippen LogP contribution in [0.2, 0.25) is 0 Å². The Morgan fingerprint density at radius 1 is 1.18 bits per heavy atom. The fraction of sp³-hybridized carbons (Fsp3) is 0.409. The van der Waals surface area contributed by atoms with E-state index in [0.717, 1.165) is 19.3 Å². The number of aromatic hydroxyl groups is 1. The van der Waals surface area contributed by atoms with Crippen LogP contribution >= 0.6 is 0 Å². The highest BCUT2D eigenvalue weighted by Gasteiger charge is 2.33. The Kier molecular flexibility index (Phi) is 6.52. The number of carbonyl (C=O) groups is 1. The van der Waals surface area contributed by atoms with Crippen LogP contribution in [0.5, 0.6) is 11.5 Å². The molecular formula is C22H26FNO4. The van der Waals surface area contributed by atoms with E-state index in [1.54, 1.807) is 24.3 Å². The van der Waals surface area contributed by atoms with Gasteiger partial charge in [-0.2, -0.15) is 0 Å². The summed E-state index contributed by atoms with van der Waals surface area (Å²) in [5, 5.41) is 22.8. The Morgan fingerprint density at radius 2 is 1.89 bits per heavy atom. The SMILES string of the molecule is O=C(NC[C@]1(O)CC[C@H](CCOc2cccc(F)c2)CC1)c1ccc(O)cc1. The van der Waals surface area contributed by atoms with Crippen molar-refractivity contribution in [3.8, 4) is 11.5 Å². The number of amides is 1. The van der Waals surface area contributed by atoms with E-state index in [2.05, 4.69) is 5.32 Å². The molecule has 0 bridgehead atoms. The van der Waals surface area contributed by atoms with Crippen molar-refractivity contribution in [2.45, 2.75) is 37.7 Å². The number of halogens is 1. The van der Waals surface area contributed by atoms with Gasteiger partial charge in [0, 0.05) is 18.2 Å². The van der Waals surface area contributed by atoms with Crippen LogP contribution in [0.25, 0.3) is 0 Å². The molecule has 1 fully saturated rings. The van der Waals surface area contributed by atoms with E-state index in [4.69, 9.17) is 4.74 Å². The van der Waals surface area contributed by atoms with Gasteiger partial charge in [-0.1, -0.05) is 6.07 Å². The first-order valence-electron chi connectivity index (χ1n) is 9.61. The van der Waals surface area contributed by atoms with Crippen molar-refractivity contribution in [3.05, 3.63) is 59.9 Å². The summed E-state index contributed by atoms with van der Waals surface area (Å²) < 4.78 is 18.7. The normalized spacial score (nSPS) is 21.9. The third kappa shape index (κ3) is 5.70. The van der Waals surface area contributed by atoms with Crippen molar-refractivity contribution in [1.29, 1.82) is 0 Å². The molecule has 0 aromatic heterocycles. The van der Waals surface area contributed by atoms with Crippen LogP contribution in [-0.2, 0) is 0 Å². The van der Waals surface area contributed by atoms with Gasteiger partial charge in [0.2, 0.25) is 0 Å². The highest BCUT2D eigenvalue weighted by Crippen LogP contribution is 2.33. The molecule has 0 saturated heterocycles. The molecule has 1 aliphatic carbocycles. The standard InChI is InChI=1S/C22H26FNO4/c23-18-2-1-3-20(14-18)28-13-10-16-8-11-22(27,12-9-16)15-24-21(26)17-4-6-19(25)7-5-17/h1-7,14,16,25,27H,8-13,15H2,(H,24,26)/t16-,22-. The van der Waals surface area contributed by atoms with Crippen molar-refractivity contribution in [3.63, 3.8) is 0 Å². The minimum atomic E-state index is -0.896. The zero-order valence-corrected chi connectivity index (χ0v) is 15.7. The summed E-state index contributed by atoms with van der Waals surface area (Å²) in [6, 6.07) is 12.1. The van der Waals surface area contributed by atoms with Crippen LogP contribution < -0.4 is 10.1 Å². The molecular weight excluding hydrogens is 361 g/mol. The molecule has 1 amide bonds. The predicted molar refractivity (Wildman–Crippen MR) is 104 cm³/mol. The number of nitrogens with one attached hydrogen (secondary N) is 1. The van der Waals surface area contributed by atoms with E-state index in [0.29, 0.717) is 36.7 Å². The molecule has 0 atom stereocenters. The molecule has 28 heavy (non-hydrogen) atoms. The molecule has 0 spiro atoms. The number of hydrogen-bond acceptors (Lipinski definition) is 4. The summed E-state index contributed by atoms with van der Waals surface area (Å²) in [5.74, 6) is 0.509. The van der Waals surface area contributed by atoms with Crippen LogP contribution in [0.1, 0.15) is 42.5 Å². The molecule has 0 unspecified atom stereocenters. The summed E-state index contributed by atoms with van der Waals surface area (Å²) >= 11 is 0. The lowest BCUT2D eigenvalue weighted by atomic mass is 9.77. The van der Waals surface area contributed by atoms with Crippen molar-refractivity contribution in [1.82, 2.24) is 5.32 Å². The first-order valence-corrected chi connectivity index (χ1v) is 9.61. The Hall–Kier alpha value is -2.60. The van der Waals surface area contributed by atoms with Crippen LogP contribution in [-0.4, -0.2) is 34.9 Å². The van der Waals surface area contributed by atoms with Gasteiger partial charge in [-0.25, -0.2) is 4.39 Å². The van der Waals surface area contributed by atoms with Crippen molar-refractivity contribution < 1.29 is 24.1 Å². The third-order valence-electron chi connectivity index (χ3n) is 5.33. The van der Waals surface area contributed by atoms with E-state index in [9.17, 15) is 19.4 Å². The lowest BCUT2D eigenvalue weighted by molar-refractivity contribution is -0.00977. The monoisotopic (exact) mass is 387 g/mol. The molecule has 1 aliphatic rings. The zero-order valence-electron chi connectivity index (χ0n) is 15.7. The number of hydrogen-bond donors (Lipinski definition) is 3. The average molecular weight is 387 g/mol. The topological polar surface area (TPSA) is 78.8 Å². The summed E-state index contributed by atoms with van der Waals surface area (Å²) in [5.41, 5.74) is -0.448. The van der Waals surface area contributed by atoms with Crippen molar-refractivity contribution in [2.75, 3.05) is 13.2 Å². The first kappa shape index (κ1) is 20.1. The van der Waals surface area contributed by atoms with Gasteiger partial charge in [0.1, 0.15) is 17.3 Å². The minimum absolute atomic E-state index is 0.106.